The zero-order valence-electron chi connectivity index (χ0n) is 18.1. The van der Waals surface area contributed by atoms with E-state index in [-0.39, 0.29) is 34.9 Å². The molecule has 0 saturated heterocycles. The summed E-state index contributed by atoms with van der Waals surface area (Å²) >= 11 is 3.38. The highest BCUT2D eigenvalue weighted by molar-refractivity contribution is 9.10. The number of nitrogens with zero attached hydrogens (tertiary/aromatic N) is 1. The third kappa shape index (κ3) is 4.62. The number of hydrogen-bond donors (Lipinski definition) is 1. The second-order valence-electron chi connectivity index (χ2n) is 8.34. The predicted octanol–water partition coefficient (Wildman–Crippen LogP) is 4.11. The highest BCUT2D eigenvalue weighted by Crippen LogP contribution is 2.36. The van der Waals surface area contributed by atoms with Gasteiger partial charge in [-0.15, -0.1) is 0 Å². The van der Waals surface area contributed by atoms with Crippen LogP contribution in [0.5, 0.6) is 0 Å². The van der Waals surface area contributed by atoms with Crippen LogP contribution in [-0.4, -0.2) is 32.5 Å². The average molecular weight is 519 g/mol. The maximum atomic E-state index is 13.1. The predicted molar refractivity (Wildman–Crippen MR) is 127 cm³/mol. The van der Waals surface area contributed by atoms with E-state index >= 15 is 0 Å². The van der Waals surface area contributed by atoms with E-state index in [0.29, 0.717) is 29.5 Å². The van der Waals surface area contributed by atoms with Gasteiger partial charge in [0.25, 0.3) is 0 Å². The SMILES string of the molecule is CCC(=O)N1CCc2cc(Br)c(S(=O)(=O)CCC(=O)N[C@H]3CCCc4ccccc43)cc21. The number of amides is 2. The summed E-state index contributed by atoms with van der Waals surface area (Å²) in [7, 11) is -3.71. The van der Waals surface area contributed by atoms with Crippen molar-refractivity contribution >= 4 is 43.3 Å². The van der Waals surface area contributed by atoms with E-state index in [1.807, 2.05) is 18.2 Å². The number of aryl methyl sites for hydroxylation is 1. The van der Waals surface area contributed by atoms with Crippen LogP contribution in [0.2, 0.25) is 0 Å². The van der Waals surface area contributed by atoms with Gasteiger partial charge in [-0.2, -0.15) is 0 Å². The minimum absolute atomic E-state index is 0.0263. The molecule has 1 atom stereocenters. The molecule has 1 aliphatic carbocycles. The van der Waals surface area contributed by atoms with Gasteiger partial charge in [0.05, 0.1) is 16.7 Å². The zero-order valence-corrected chi connectivity index (χ0v) is 20.5. The Kier molecular flexibility index (Phi) is 6.72. The zero-order chi connectivity index (χ0) is 22.9. The number of hydrogen-bond acceptors (Lipinski definition) is 4. The van der Waals surface area contributed by atoms with Crippen LogP contribution in [0.4, 0.5) is 5.69 Å². The fraction of sp³-hybridized carbons (Fsp3) is 0.417. The van der Waals surface area contributed by atoms with E-state index in [2.05, 4.69) is 27.3 Å². The number of benzene rings is 2. The number of sulfone groups is 1. The lowest BCUT2D eigenvalue weighted by atomic mass is 9.88. The number of carbonyl (C=O) groups excluding carboxylic acids is 2. The molecule has 0 fully saturated rings. The van der Waals surface area contributed by atoms with Crippen LogP contribution in [0.15, 0.2) is 45.8 Å². The standard InChI is InChI=1S/C24H27BrN2O4S/c1-2-24(29)27-12-10-17-14-19(25)22(15-21(17)27)32(30,31)13-11-23(28)26-20-9-5-7-16-6-3-4-8-18(16)20/h3-4,6,8,14-15,20H,2,5,7,9-13H2,1H3,(H,26,28)/t20-/m0/s1. The lowest BCUT2D eigenvalue weighted by molar-refractivity contribution is -0.121. The van der Waals surface area contributed by atoms with Crippen LogP contribution in [0.25, 0.3) is 0 Å². The Morgan fingerprint density at radius 2 is 1.94 bits per heavy atom. The molecule has 2 aromatic carbocycles. The Morgan fingerprint density at radius 1 is 1.16 bits per heavy atom. The third-order valence-electron chi connectivity index (χ3n) is 6.27. The van der Waals surface area contributed by atoms with Gasteiger partial charge in [0.15, 0.2) is 9.84 Å². The molecule has 2 amide bonds. The van der Waals surface area contributed by atoms with Crippen molar-refractivity contribution in [3.8, 4) is 0 Å². The van der Waals surface area contributed by atoms with Gasteiger partial charge in [0.2, 0.25) is 11.8 Å². The molecular formula is C24H27BrN2O4S. The van der Waals surface area contributed by atoms with Gasteiger partial charge in [-0.1, -0.05) is 31.2 Å². The number of anilines is 1. The summed E-state index contributed by atoms with van der Waals surface area (Å²) in [6.45, 7) is 2.35. The Morgan fingerprint density at radius 3 is 2.72 bits per heavy atom. The molecule has 0 saturated carbocycles. The minimum Gasteiger partial charge on any atom is -0.349 e. The normalized spacial score (nSPS) is 17.6. The second kappa shape index (κ2) is 9.35. The molecule has 2 aromatic rings. The van der Waals surface area contributed by atoms with E-state index in [1.165, 1.54) is 5.56 Å². The van der Waals surface area contributed by atoms with Crippen molar-refractivity contribution in [2.24, 2.45) is 0 Å². The third-order valence-corrected chi connectivity index (χ3v) is 8.94. The molecule has 1 heterocycles. The maximum absolute atomic E-state index is 13.1. The lowest BCUT2D eigenvalue weighted by Gasteiger charge is -2.26. The summed E-state index contributed by atoms with van der Waals surface area (Å²) in [5, 5.41) is 3.02. The van der Waals surface area contributed by atoms with E-state index in [4.69, 9.17) is 0 Å². The van der Waals surface area contributed by atoms with Gasteiger partial charge in [0, 0.05) is 29.5 Å². The van der Waals surface area contributed by atoms with Crippen LogP contribution >= 0.6 is 15.9 Å². The van der Waals surface area contributed by atoms with Crippen molar-refractivity contribution in [3.05, 3.63) is 57.6 Å². The molecular weight excluding hydrogens is 492 g/mol. The molecule has 0 spiro atoms. The van der Waals surface area contributed by atoms with Gasteiger partial charge >= 0.3 is 0 Å². The van der Waals surface area contributed by atoms with Gasteiger partial charge in [0.1, 0.15) is 0 Å². The number of rotatable bonds is 6. The Hall–Kier alpha value is -2.19. The monoisotopic (exact) mass is 518 g/mol. The fourth-order valence-electron chi connectivity index (χ4n) is 4.58. The molecule has 32 heavy (non-hydrogen) atoms. The van der Waals surface area contributed by atoms with Crippen molar-refractivity contribution in [1.29, 1.82) is 0 Å². The molecule has 4 rings (SSSR count). The van der Waals surface area contributed by atoms with E-state index in [1.54, 1.807) is 24.0 Å². The number of carbonyl (C=O) groups is 2. The van der Waals surface area contributed by atoms with Crippen molar-refractivity contribution in [3.63, 3.8) is 0 Å². The molecule has 6 nitrogen and oxygen atoms in total. The summed E-state index contributed by atoms with van der Waals surface area (Å²) < 4.78 is 26.6. The van der Waals surface area contributed by atoms with E-state index < -0.39 is 9.84 Å². The second-order valence-corrected chi connectivity index (χ2v) is 11.3. The first kappa shape index (κ1) is 23.0. The van der Waals surface area contributed by atoms with Crippen LogP contribution in [-0.2, 0) is 32.3 Å². The van der Waals surface area contributed by atoms with Gasteiger partial charge < -0.3 is 10.2 Å². The topological polar surface area (TPSA) is 83.6 Å². The van der Waals surface area contributed by atoms with Crippen LogP contribution < -0.4 is 10.2 Å². The van der Waals surface area contributed by atoms with Gasteiger partial charge in [-0.05, 0) is 70.4 Å². The molecule has 0 aromatic heterocycles. The molecule has 1 N–H and O–H groups in total. The summed E-state index contributed by atoms with van der Waals surface area (Å²) in [6.07, 6.45) is 3.80. The fourth-order valence-corrected chi connectivity index (χ4v) is 7.04. The molecule has 0 radical (unpaired) electrons. The molecule has 1 aliphatic heterocycles. The van der Waals surface area contributed by atoms with Crippen molar-refractivity contribution in [2.75, 3.05) is 17.2 Å². The summed E-state index contributed by atoms with van der Waals surface area (Å²) in [5.74, 6) is -0.580. The Balaban J connectivity index is 1.46. The number of halogens is 1. The lowest BCUT2D eigenvalue weighted by Crippen LogP contribution is -2.32. The highest BCUT2D eigenvalue weighted by atomic mass is 79.9. The van der Waals surface area contributed by atoms with Crippen LogP contribution in [0.1, 0.15) is 55.3 Å². The smallest absolute Gasteiger partial charge is 0.226 e. The molecule has 170 valence electrons. The molecule has 8 heteroatoms. The van der Waals surface area contributed by atoms with E-state index in [9.17, 15) is 18.0 Å². The summed E-state index contributed by atoms with van der Waals surface area (Å²) in [4.78, 5) is 26.6. The largest absolute Gasteiger partial charge is 0.349 e. The Bertz CT molecular complexity index is 1160. The van der Waals surface area contributed by atoms with Gasteiger partial charge in [-0.25, -0.2) is 8.42 Å². The van der Waals surface area contributed by atoms with Crippen molar-refractivity contribution < 1.29 is 18.0 Å². The highest BCUT2D eigenvalue weighted by Gasteiger charge is 2.29. The maximum Gasteiger partial charge on any atom is 0.226 e. The first-order chi connectivity index (χ1) is 15.3. The van der Waals surface area contributed by atoms with Crippen molar-refractivity contribution in [1.82, 2.24) is 5.32 Å². The summed E-state index contributed by atoms with van der Waals surface area (Å²) in [5.41, 5.74) is 3.97. The molecule has 0 bridgehead atoms. The van der Waals surface area contributed by atoms with Gasteiger partial charge in [-0.3, -0.25) is 9.59 Å². The Labute approximate surface area is 197 Å². The number of fused-ring (bicyclic) bond motifs is 2. The van der Waals surface area contributed by atoms with Crippen LogP contribution in [0, 0.1) is 0 Å². The summed E-state index contributed by atoms with van der Waals surface area (Å²) in [6, 6.07) is 11.4. The molecule has 2 aliphatic rings. The average Bonchev–Trinajstić information content (AvgIpc) is 3.19. The number of nitrogens with one attached hydrogen (secondary N) is 1. The van der Waals surface area contributed by atoms with Crippen molar-refractivity contribution in [2.45, 2.75) is 56.4 Å². The first-order valence-electron chi connectivity index (χ1n) is 11.0. The minimum atomic E-state index is -3.71. The quantitative estimate of drug-likeness (QED) is 0.623. The van der Waals surface area contributed by atoms with E-state index in [0.717, 1.165) is 30.4 Å². The molecule has 0 unspecified atom stereocenters. The first-order valence-corrected chi connectivity index (χ1v) is 13.5. The van der Waals surface area contributed by atoms with Crippen LogP contribution in [0.3, 0.4) is 0 Å².